The maximum atomic E-state index is 15.2. The van der Waals surface area contributed by atoms with Crippen LogP contribution in [0.3, 0.4) is 0 Å². The molecule has 0 aliphatic carbocycles. The molecule has 14 heteroatoms. The van der Waals surface area contributed by atoms with Crippen molar-refractivity contribution < 1.29 is 33.1 Å². The molecule has 0 saturated heterocycles. The van der Waals surface area contributed by atoms with Crippen molar-refractivity contribution in [2.75, 3.05) is 11.9 Å². The Hall–Kier alpha value is -5.10. The van der Waals surface area contributed by atoms with Crippen LogP contribution in [0.2, 0.25) is 0 Å². The van der Waals surface area contributed by atoms with E-state index in [0.717, 1.165) is 23.8 Å². The summed E-state index contributed by atoms with van der Waals surface area (Å²) in [5.74, 6) is -2.12. The number of rotatable bonds is 10. The van der Waals surface area contributed by atoms with Crippen LogP contribution in [0.5, 0.6) is 0 Å². The summed E-state index contributed by atoms with van der Waals surface area (Å²) in [5.41, 5.74) is 0.0148. The molecule has 0 fully saturated rings. The van der Waals surface area contributed by atoms with Gasteiger partial charge in [-0.25, -0.2) is 23.5 Å². The lowest BCUT2D eigenvalue weighted by atomic mass is 9.82. The number of carbonyl (C=O) groups is 1. The van der Waals surface area contributed by atoms with Crippen molar-refractivity contribution in [3.63, 3.8) is 0 Å². The fourth-order valence-corrected chi connectivity index (χ4v) is 5.88. The molecule has 0 aliphatic heterocycles. The van der Waals surface area contributed by atoms with Gasteiger partial charge in [0.25, 0.3) is 6.33 Å². The summed E-state index contributed by atoms with van der Waals surface area (Å²) in [6.45, 7) is 2.65. The van der Waals surface area contributed by atoms with Crippen LogP contribution in [0.25, 0.3) is 11.3 Å². The van der Waals surface area contributed by atoms with Crippen LogP contribution in [0, 0.1) is 23.0 Å². The van der Waals surface area contributed by atoms with Gasteiger partial charge in [-0.05, 0) is 36.4 Å². The quantitative estimate of drug-likeness (QED) is 0.206. The highest BCUT2D eigenvalue weighted by atomic mass is 32.1. The van der Waals surface area contributed by atoms with Crippen LogP contribution >= 0.6 is 11.3 Å². The van der Waals surface area contributed by atoms with E-state index in [-0.39, 0.29) is 24.5 Å². The standard InChI is InChI=1S/C32H30F2N7O4S/c1-20(30-38-28(16-46-30)23-8-6-22(14-35)7-9-23)32(44,26-13-25(33)10-11-27(26)34)17-41-19-40(18-37-41)21(2)45-31(43)39(3)29-24(15-42)5-4-12-36-29/h4-13,16,18-21,42,44H,15,17H2,1-3H3/q+1. The molecule has 0 saturated carbocycles. The second-order valence-corrected chi connectivity index (χ2v) is 11.5. The topological polar surface area (TPSA) is 141 Å². The minimum absolute atomic E-state index is 0.239. The predicted octanol–water partition coefficient (Wildman–Crippen LogP) is 4.81. The van der Waals surface area contributed by atoms with Gasteiger partial charge in [0.05, 0.1) is 28.9 Å². The molecular weight excluding hydrogens is 616 g/mol. The monoisotopic (exact) mass is 646 g/mol. The minimum Gasteiger partial charge on any atom is -0.412 e. The van der Waals surface area contributed by atoms with Gasteiger partial charge in [-0.3, -0.25) is 4.90 Å². The fourth-order valence-electron chi connectivity index (χ4n) is 4.91. The average Bonchev–Trinajstić information content (AvgIpc) is 3.75. The zero-order valence-electron chi connectivity index (χ0n) is 25.1. The second kappa shape index (κ2) is 13.5. The van der Waals surface area contributed by atoms with Gasteiger partial charge in [-0.15, -0.1) is 16.0 Å². The lowest BCUT2D eigenvalue weighted by molar-refractivity contribution is -0.753. The van der Waals surface area contributed by atoms with Crippen LogP contribution in [0.15, 0.2) is 78.8 Å². The normalized spacial score (nSPS) is 13.8. The zero-order valence-corrected chi connectivity index (χ0v) is 25.9. The third-order valence-corrected chi connectivity index (χ3v) is 8.66. The first kappa shape index (κ1) is 32.3. The van der Waals surface area contributed by atoms with E-state index in [1.165, 1.54) is 51.4 Å². The molecule has 0 spiro atoms. The molecule has 236 valence electrons. The number of aromatic nitrogens is 5. The number of benzene rings is 2. The first-order chi connectivity index (χ1) is 22.0. The third kappa shape index (κ3) is 6.62. The molecule has 5 aromatic rings. The van der Waals surface area contributed by atoms with Gasteiger partial charge in [0, 0.05) is 53.3 Å². The predicted molar refractivity (Wildman–Crippen MR) is 163 cm³/mol. The third-order valence-electron chi connectivity index (χ3n) is 7.64. The summed E-state index contributed by atoms with van der Waals surface area (Å²) in [6.07, 6.45) is 2.72. The SMILES string of the molecule is CC(OC(=O)N(C)c1ncccc1CO)[n+]1cnn(CC(O)(c2cc(F)ccc2F)C(C)c2nc(-c3ccc(C#N)cc3)cs2)c1. The van der Waals surface area contributed by atoms with Gasteiger partial charge in [0.1, 0.15) is 29.6 Å². The molecule has 46 heavy (non-hydrogen) atoms. The van der Waals surface area contributed by atoms with E-state index in [2.05, 4.69) is 21.1 Å². The van der Waals surface area contributed by atoms with E-state index in [9.17, 15) is 19.4 Å². The lowest BCUT2D eigenvalue weighted by Gasteiger charge is -2.32. The summed E-state index contributed by atoms with van der Waals surface area (Å²) < 4.78 is 38.0. The maximum Gasteiger partial charge on any atom is 0.418 e. The lowest BCUT2D eigenvalue weighted by Crippen LogP contribution is -2.42. The van der Waals surface area contributed by atoms with Gasteiger partial charge < -0.3 is 14.9 Å². The summed E-state index contributed by atoms with van der Waals surface area (Å²) >= 11 is 1.25. The Kier molecular flexibility index (Phi) is 9.47. The number of halogens is 2. The van der Waals surface area contributed by atoms with Crippen molar-refractivity contribution in [3.05, 3.63) is 112 Å². The Morgan fingerprint density at radius 2 is 1.98 bits per heavy atom. The van der Waals surface area contributed by atoms with Crippen LogP contribution in [0.4, 0.5) is 19.4 Å². The number of hydrogen-bond donors (Lipinski definition) is 2. The number of thiazole rings is 1. The molecule has 0 bridgehead atoms. The zero-order chi connectivity index (χ0) is 33.0. The first-order valence-corrected chi connectivity index (χ1v) is 15.0. The smallest absolute Gasteiger partial charge is 0.412 e. The molecule has 1 amide bonds. The van der Waals surface area contributed by atoms with Crippen molar-refractivity contribution in [3.8, 4) is 17.3 Å². The van der Waals surface area contributed by atoms with Gasteiger partial charge in [0.15, 0.2) is 0 Å². The van der Waals surface area contributed by atoms with Gasteiger partial charge in [0.2, 0.25) is 12.6 Å². The number of nitrogens with zero attached hydrogens (tertiary/aromatic N) is 7. The summed E-state index contributed by atoms with van der Waals surface area (Å²) in [6, 6.07) is 15.1. The Bertz CT molecular complexity index is 1890. The molecule has 3 unspecified atom stereocenters. The first-order valence-electron chi connectivity index (χ1n) is 14.1. The van der Waals surface area contributed by atoms with E-state index in [4.69, 9.17) is 10.00 Å². The van der Waals surface area contributed by atoms with Crippen LogP contribution in [-0.4, -0.2) is 43.1 Å². The van der Waals surface area contributed by atoms with Crippen molar-refractivity contribution in [2.24, 2.45) is 0 Å². The second-order valence-electron chi connectivity index (χ2n) is 10.6. The molecule has 2 N–H and O–H groups in total. The van der Waals surface area contributed by atoms with E-state index in [1.54, 1.807) is 55.6 Å². The number of ether oxygens (including phenoxy) is 1. The van der Waals surface area contributed by atoms with E-state index < -0.39 is 35.5 Å². The molecule has 3 atom stereocenters. The van der Waals surface area contributed by atoms with Crippen molar-refractivity contribution in [1.29, 1.82) is 5.26 Å². The Balaban J connectivity index is 1.40. The van der Waals surface area contributed by atoms with Crippen LogP contribution < -0.4 is 9.47 Å². The van der Waals surface area contributed by atoms with Crippen molar-refractivity contribution in [2.45, 2.75) is 44.7 Å². The molecule has 0 radical (unpaired) electrons. The largest absolute Gasteiger partial charge is 0.418 e. The van der Waals surface area contributed by atoms with Crippen molar-refractivity contribution in [1.82, 2.24) is 19.7 Å². The van der Waals surface area contributed by atoms with Gasteiger partial charge >= 0.3 is 6.09 Å². The van der Waals surface area contributed by atoms with E-state index in [1.807, 2.05) is 0 Å². The van der Waals surface area contributed by atoms with E-state index in [0.29, 0.717) is 21.8 Å². The summed E-state index contributed by atoms with van der Waals surface area (Å²) in [4.78, 5) is 22.9. The molecule has 11 nitrogen and oxygen atoms in total. The molecule has 3 aromatic heterocycles. The van der Waals surface area contributed by atoms with Crippen LogP contribution in [0.1, 0.15) is 47.7 Å². The molecule has 0 aliphatic rings. The number of aliphatic hydroxyl groups excluding tert-OH is 1. The molecular formula is C32H30F2N7O4S+. The van der Waals surface area contributed by atoms with E-state index >= 15 is 4.39 Å². The minimum atomic E-state index is -2.02. The highest BCUT2D eigenvalue weighted by Gasteiger charge is 2.43. The number of aliphatic hydroxyl groups is 2. The number of anilines is 1. The Morgan fingerprint density at radius 1 is 1.22 bits per heavy atom. The summed E-state index contributed by atoms with van der Waals surface area (Å²) in [7, 11) is 1.46. The average molecular weight is 647 g/mol. The highest BCUT2D eigenvalue weighted by molar-refractivity contribution is 7.10. The fraction of sp³-hybridized carbons (Fsp3) is 0.250. The van der Waals surface area contributed by atoms with Crippen LogP contribution in [-0.2, 0) is 23.5 Å². The van der Waals surface area contributed by atoms with Gasteiger partial charge in [-0.2, -0.15) is 9.83 Å². The number of carbonyl (C=O) groups excluding carboxylic acids is 1. The highest BCUT2D eigenvalue weighted by Crippen LogP contribution is 2.41. The molecule has 5 rings (SSSR count). The van der Waals surface area contributed by atoms with Gasteiger partial charge in [-0.1, -0.05) is 25.1 Å². The maximum absolute atomic E-state index is 15.2. The number of amides is 1. The molecule has 2 aromatic carbocycles. The molecule has 3 heterocycles. The van der Waals surface area contributed by atoms with Crippen molar-refractivity contribution >= 4 is 23.2 Å². The Labute approximate surface area is 267 Å². The number of hydrogen-bond acceptors (Lipinski definition) is 9. The number of nitriles is 1. The number of pyridine rings is 1. The summed E-state index contributed by atoms with van der Waals surface area (Å²) in [5, 5.41) is 37.4. The Morgan fingerprint density at radius 3 is 2.70 bits per heavy atom.